The van der Waals surface area contributed by atoms with Gasteiger partial charge < -0.3 is 21.7 Å². The van der Waals surface area contributed by atoms with Gasteiger partial charge in [0, 0.05) is 30.2 Å². The fourth-order valence-corrected chi connectivity index (χ4v) is 4.18. The van der Waals surface area contributed by atoms with Crippen molar-refractivity contribution in [3.05, 3.63) is 41.0 Å². The van der Waals surface area contributed by atoms with Crippen LogP contribution >= 0.6 is 11.3 Å². The lowest BCUT2D eigenvalue weighted by Crippen LogP contribution is -2.43. The van der Waals surface area contributed by atoms with Gasteiger partial charge in [0.2, 0.25) is 0 Å². The number of nitrogens with one attached hydrogen (secondary N) is 2. The van der Waals surface area contributed by atoms with Gasteiger partial charge in [-0.25, -0.2) is 4.98 Å². The number of rotatable bonds is 4. The van der Waals surface area contributed by atoms with Crippen molar-refractivity contribution in [2.75, 3.05) is 29.0 Å². The number of piperidine rings is 1. The number of halogens is 3. The summed E-state index contributed by atoms with van der Waals surface area (Å²) in [5.74, 6) is -0.498. The van der Waals surface area contributed by atoms with Crippen molar-refractivity contribution in [3.63, 3.8) is 0 Å². The number of thiazole rings is 1. The zero-order chi connectivity index (χ0) is 22.2. The Balaban J connectivity index is 1.54. The van der Waals surface area contributed by atoms with Crippen LogP contribution in [0.15, 0.2) is 29.6 Å². The Morgan fingerprint density at radius 1 is 1.32 bits per heavy atom. The van der Waals surface area contributed by atoms with E-state index in [1.807, 2.05) is 11.2 Å². The molecule has 1 amide bonds. The minimum atomic E-state index is -4.54. The Hall–Kier alpha value is -3.12. The van der Waals surface area contributed by atoms with E-state index >= 15 is 0 Å². The molecule has 3 aromatic rings. The molecule has 6 N–H and O–H groups in total. The van der Waals surface area contributed by atoms with Crippen LogP contribution in [0.4, 0.5) is 30.2 Å². The summed E-state index contributed by atoms with van der Waals surface area (Å²) in [5, 5.41) is 10.1. The van der Waals surface area contributed by atoms with Crippen LogP contribution in [0.25, 0.3) is 10.7 Å². The highest BCUT2D eigenvalue weighted by molar-refractivity contribution is 7.13. The molecular weight excluding hydrogens is 431 g/mol. The number of nitrogens with zero attached hydrogens (tertiary/aromatic N) is 3. The number of aromatic amines is 1. The number of aromatic nitrogens is 3. The number of anilines is 3. The highest BCUT2D eigenvalue weighted by Gasteiger charge is 2.33. The summed E-state index contributed by atoms with van der Waals surface area (Å²) in [7, 11) is 0. The SMILES string of the molecule is Nc1ccc(N2CCCC(N)C2)c(NC(=O)c2csc(-c3cc(C(F)(F)F)[nH]n3)n2)c1. The topological polar surface area (TPSA) is 126 Å². The molecule has 0 bridgehead atoms. The first-order chi connectivity index (χ1) is 14.7. The Morgan fingerprint density at radius 3 is 2.84 bits per heavy atom. The van der Waals surface area contributed by atoms with Crippen LogP contribution in [0.1, 0.15) is 29.0 Å². The van der Waals surface area contributed by atoms with E-state index in [-0.39, 0.29) is 22.4 Å². The average molecular weight is 451 g/mol. The van der Waals surface area contributed by atoms with Crippen molar-refractivity contribution >= 4 is 34.3 Å². The Morgan fingerprint density at radius 2 is 2.13 bits per heavy atom. The van der Waals surface area contributed by atoms with Crippen molar-refractivity contribution in [2.24, 2.45) is 5.73 Å². The molecule has 1 saturated heterocycles. The number of nitrogens with two attached hydrogens (primary N) is 2. The van der Waals surface area contributed by atoms with Crippen LogP contribution in [0, 0.1) is 0 Å². The van der Waals surface area contributed by atoms with Gasteiger partial charge in [-0.15, -0.1) is 11.3 Å². The van der Waals surface area contributed by atoms with Crippen molar-refractivity contribution in [1.82, 2.24) is 15.2 Å². The molecule has 164 valence electrons. The van der Waals surface area contributed by atoms with Crippen LogP contribution in [-0.4, -0.2) is 40.2 Å². The molecule has 1 unspecified atom stereocenters. The first-order valence-corrected chi connectivity index (χ1v) is 10.4. The molecule has 0 saturated carbocycles. The van der Waals surface area contributed by atoms with Crippen molar-refractivity contribution in [3.8, 4) is 10.7 Å². The van der Waals surface area contributed by atoms with E-state index in [2.05, 4.69) is 20.3 Å². The van der Waals surface area contributed by atoms with E-state index in [0.717, 1.165) is 42.5 Å². The third kappa shape index (κ3) is 4.64. The molecule has 1 aromatic carbocycles. The molecular formula is C19H20F3N7OS. The number of amides is 1. The number of carbonyl (C=O) groups excluding carboxylic acids is 1. The zero-order valence-corrected chi connectivity index (χ0v) is 17.1. The van der Waals surface area contributed by atoms with Gasteiger partial charge in [-0.2, -0.15) is 18.3 Å². The van der Waals surface area contributed by atoms with Gasteiger partial charge in [0.15, 0.2) is 0 Å². The second kappa shape index (κ2) is 8.19. The maximum absolute atomic E-state index is 12.8. The smallest absolute Gasteiger partial charge is 0.399 e. The quantitative estimate of drug-likeness (QED) is 0.451. The molecule has 1 atom stereocenters. The minimum absolute atomic E-state index is 0.0170. The summed E-state index contributed by atoms with van der Waals surface area (Å²) < 4.78 is 38.3. The molecule has 0 spiro atoms. The monoisotopic (exact) mass is 451 g/mol. The van der Waals surface area contributed by atoms with E-state index in [1.54, 1.807) is 12.1 Å². The van der Waals surface area contributed by atoms with Gasteiger partial charge in [0.05, 0.1) is 11.4 Å². The first-order valence-electron chi connectivity index (χ1n) is 9.50. The summed E-state index contributed by atoms with van der Waals surface area (Å²) in [6.07, 6.45) is -2.65. The number of carbonyl (C=O) groups is 1. The van der Waals surface area contributed by atoms with E-state index < -0.39 is 17.8 Å². The molecule has 4 rings (SSSR count). The summed E-state index contributed by atoms with van der Waals surface area (Å²) in [5.41, 5.74) is 12.9. The summed E-state index contributed by atoms with van der Waals surface area (Å²) in [6.45, 7) is 1.47. The Bertz CT molecular complexity index is 1090. The Labute approximate surface area is 179 Å². The Kier molecular flexibility index (Phi) is 5.58. The lowest BCUT2D eigenvalue weighted by Gasteiger charge is -2.34. The normalized spacial score (nSPS) is 17.0. The molecule has 31 heavy (non-hydrogen) atoms. The predicted molar refractivity (Wildman–Crippen MR) is 113 cm³/mol. The van der Waals surface area contributed by atoms with Gasteiger partial charge in [-0.3, -0.25) is 9.89 Å². The number of hydrogen-bond donors (Lipinski definition) is 4. The van der Waals surface area contributed by atoms with Gasteiger partial charge >= 0.3 is 6.18 Å². The fourth-order valence-electron chi connectivity index (χ4n) is 3.42. The van der Waals surface area contributed by atoms with Gasteiger partial charge in [0.25, 0.3) is 5.91 Å². The maximum Gasteiger partial charge on any atom is 0.432 e. The average Bonchev–Trinajstić information content (AvgIpc) is 3.37. The van der Waals surface area contributed by atoms with E-state index in [9.17, 15) is 18.0 Å². The number of H-pyrrole nitrogens is 1. The van der Waals surface area contributed by atoms with Crippen molar-refractivity contribution in [2.45, 2.75) is 25.1 Å². The second-order valence-electron chi connectivity index (χ2n) is 7.28. The van der Waals surface area contributed by atoms with Crippen LogP contribution in [-0.2, 0) is 6.18 Å². The minimum Gasteiger partial charge on any atom is -0.399 e. The summed E-state index contributed by atoms with van der Waals surface area (Å²) >= 11 is 1.03. The standard InChI is InChI=1S/C19H20F3N7OS/c20-19(21,22)16-7-13(27-28-16)18-26-14(9-31-18)17(30)25-12-6-10(23)3-4-15(12)29-5-1-2-11(24)8-29/h3-4,6-7,9,11H,1-2,5,8,23-24H2,(H,25,30)(H,27,28). The van der Waals surface area contributed by atoms with E-state index in [1.165, 1.54) is 5.38 Å². The second-order valence-corrected chi connectivity index (χ2v) is 8.14. The van der Waals surface area contributed by atoms with Crippen LogP contribution < -0.4 is 21.7 Å². The fraction of sp³-hybridized carbons (Fsp3) is 0.316. The highest BCUT2D eigenvalue weighted by atomic mass is 32.1. The third-order valence-corrected chi connectivity index (χ3v) is 5.77. The molecule has 12 heteroatoms. The zero-order valence-electron chi connectivity index (χ0n) is 16.2. The molecule has 1 fully saturated rings. The predicted octanol–water partition coefficient (Wildman–Crippen LogP) is 3.31. The molecule has 1 aliphatic heterocycles. The first kappa shape index (κ1) is 21.1. The number of hydrogen-bond acceptors (Lipinski definition) is 7. The molecule has 8 nitrogen and oxygen atoms in total. The van der Waals surface area contributed by atoms with Gasteiger partial charge in [0.1, 0.15) is 22.1 Å². The van der Waals surface area contributed by atoms with Gasteiger partial charge in [-0.05, 0) is 37.1 Å². The van der Waals surface area contributed by atoms with Crippen LogP contribution in [0.5, 0.6) is 0 Å². The molecule has 3 heterocycles. The van der Waals surface area contributed by atoms with Crippen LogP contribution in [0.2, 0.25) is 0 Å². The highest BCUT2D eigenvalue weighted by Crippen LogP contribution is 2.33. The molecule has 1 aliphatic rings. The summed E-state index contributed by atoms with van der Waals surface area (Å²) in [4.78, 5) is 19.0. The summed E-state index contributed by atoms with van der Waals surface area (Å²) in [6, 6.07) is 6.14. The third-order valence-electron chi connectivity index (χ3n) is 4.91. The number of alkyl halides is 3. The van der Waals surface area contributed by atoms with Crippen molar-refractivity contribution in [1.29, 1.82) is 0 Å². The lowest BCUT2D eigenvalue weighted by molar-refractivity contribution is -0.141. The molecule has 0 aliphatic carbocycles. The van der Waals surface area contributed by atoms with E-state index in [4.69, 9.17) is 11.5 Å². The largest absolute Gasteiger partial charge is 0.432 e. The van der Waals surface area contributed by atoms with Crippen molar-refractivity contribution < 1.29 is 18.0 Å². The molecule has 0 radical (unpaired) electrons. The van der Waals surface area contributed by atoms with Gasteiger partial charge in [-0.1, -0.05) is 0 Å². The van der Waals surface area contributed by atoms with E-state index in [0.29, 0.717) is 17.9 Å². The maximum atomic E-state index is 12.8. The number of nitrogen functional groups attached to an aromatic ring is 1. The lowest BCUT2D eigenvalue weighted by atomic mass is 10.1. The van der Waals surface area contributed by atoms with Crippen LogP contribution in [0.3, 0.4) is 0 Å². The molecule has 2 aromatic heterocycles. The number of benzene rings is 1.